The van der Waals surface area contributed by atoms with Gasteiger partial charge in [0.1, 0.15) is 12.4 Å². The van der Waals surface area contributed by atoms with Gasteiger partial charge in [0.15, 0.2) is 0 Å². The molecule has 1 amide bonds. The molecule has 1 fully saturated rings. The number of carbonyl (C=O) groups excluding carboxylic acids is 1. The highest BCUT2D eigenvalue weighted by molar-refractivity contribution is 6.36. The highest BCUT2D eigenvalue weighted by atomic mass is 35.5. The van der Waals surface area contributed by atoms with E-state index in [4.69, 9.17) is 26.3 Å². The maximum Gasteiger partial charge on any atom is 0.318 e. The molecule has 0 saturated carbocycles. The van der Waals surface area contributed by atoms with Crippen molar-refractivity contribution < 1.29 is 9.53 Å². The zero-order valence-corrected chi connectivity index (χ0v) is 22.9. The van der Waals surface area contributed by atoms with Crippen molar-refractivity contribution in [1.29, 1.82) is 0 Å². The molecule has 3 aromatic rings. The Hall–Kier alpha value is -3.36. The molecule has 3 heterocycles. The summed E-state index contributed by atoms with van der Waals surface area (Å²) in [7, 11) is 4.13. The molecule has 1 aromatic heterocycles. The first kappa shape index (κ1) is 26.3. The van der Waals surface area contributed by atoms with Crippen LogP contribution in [0.4, 0.5) is 11.5 Å². The van der Waals surface area contributed by atoms with Gasteiger partial charge >= 0.3 is 6.01 Å². The fourth-order valence-electron chi connectivity index (χ4n) is 5.40. The van der Waals surface area contributed by atoms with Gasteiger partial charge in [0.25, 0.3) is 0 Å². The highest BCUT2D eigenvalue weighted by Crippen LogP contribution is 2.36. The molecule has 2 aromatic carbocycles. The molecule has 5 rings (SSSR count). The van der Waals surface area contributed by atoms with E-state index in [1.54, 1.807) is 0 Å². The molecule has 0 radical (unpaired) electrons. The maximum absolute atomic E-state index is 11.6. The number of nitrogens with one attached hydrogen (secondary N) is 1. The third-order valence-corrected chi connectivity index (χ3v) is 7.88. The zero-order valence-electron chi connectivity index (χ0n) is 22.1. The van der Waals surface area contributed by atoms with Crippen molar-refractivity contribution in [3.63, 3.8) is 0 Å². The van der Waals surface area contributed by atoms with Gasteiger partial charge in [-0.15, -0.1) is 0 Å². The molecule has 200 valence electrons. The number of rotatable bonds is 9. The molecular formula is C29H35ClN6O2. The molecule has 1 saturated heterocycles. The highest BCUT2D eigenvalue weighted by Gasteiger charge is 2.27. The number of carbonyl (C=O) groups is 1. The van der Waals surface area contributed by atoms with E-state index in [-0.39, 0.29) is 5.91 Å². The van der Waals surface area contributed by atoms with Crippen LogP contribution in [0, 0.1) is 0 Å². The maximum atomic E-state index is 11.6. The Morgan fingerprint density at radius 1 is 1.26 bits per heavy atom. The Bertz CT molecular complexity index is 1330. The molecule has 1 N–H and O–H groups in total. The standard InChI is InChI=1S/C29H35ClN6O2/c1-4-26(37)31-14-17-35(3)28-22-13-16-36(25-12-6-9-20-8-5-11-23(30)27(20)25)18-24(22)32-29(33-28)38-19-21-10-7-15-34(21)2/h4-6,8-9,11-12,21H,1,7,10,13-19H2,2-3H3,(H,31,37)/t21-/m0/s1. The number of aromatic nitrogens is 2. The van der Waals surface area contributed by atoms with Gasteiger partial charge in [-0.2, -0.15) is 9.97 Å². The Kier molecular flexibility index (Phi) is 8.00. The number of likely N-dealkylation sites (tertiary alicyclic amines) is 1. The first-order chi connectivity index (χ1) is 18.4. The number of anilines is 2. The number of amides is 1. The number of fused-ring (bicyclic) bond motifs is 2. The lowest BCUT2D eigenvalue weighted by molar-refractivity contribution is -0.116. The van der Waals surface area contributed by atoms with Crippen LogP contribution in [-0.4, -0.2) is 73.7 Å². The molecule has 0 aliphatic carbocycles. The van der Waals surface area contributed by atoms with Crippen LogP contribution in [0.15, 0.2) is 49.1 Å². The van der Waals surface area contributed by atoms with Crippen LogP contribution in [0.3, 0.4) is 0 Å². The van der Waals surface area contributed by atoms with Crippen molar-refractivity contribution in [2.75, 3.05) is 56.7 Å². The first-order valence-electron chi connectivity index (χ1n) is 13.2. The lowest BCUT2D eigenvalue weighted by Crippen LogP contribution is -2.36. The predicted octanol–water partition coefficient (Wildman–Crippen LogP) is 4.06. The summed E-state index contributed by atoms with van der Waals surface area (Å²) in [6.45, 7) is 7.73. The summed E-state index contributed by atoms with van der Waals surface area (Å²) in [6, 6.07) is 13.1. The average molecular weight is 535 g/mol. The van der Waals surface area contributed by atoms with E-state index in [1.165, 1.54) is 12.5 Å². The zero-order chi connectivity index (χ0) is 26.6. The lowest BCUT2D eigenvalue weighted by Gasteiger charge is -2.33. The second kappa shape index (κ2) is 11.6. The fourth-order valence-corrected chi connectivity index (χ4v) is 5.68. The van der Waals surface area contributed by atoms with E-state index in [9.17, 15) is 4.79 Å². The van der Waals surface area contributed by atoms with E-state index in [0.717, 1.165) is 64.5 Å². The summed E-state index contributed by atoms with van der Waals surface area (Å²) in [4.78, 5) is 28.1. The first-order valence-corrected chi connectivity index (χ1v) is 13.6. The second-order valence-electron chi connectivity index (χ2n) is 10.0. The molecule has 8 nitrogen and oxygen atoms in total. The minimum Gasteiger partial charge on any atom is -0.462 e. The fraction of sp³-hybridized carbons (Fsp3) is 0.414. The molecule has 0 unspecified atom stereocenters. The van der Waals surface area contributed by atoms with Crippen molar-refractivity contribution in [2.45, 2.75) is 31.8 Å². The summed E-state index contributed by atoms with van der Waals surface area (Å²) in [5.41, 5.74) is 3.19. The van der Waals surface area contributed by atoms with Gasteiger partial charge < -0.3 is 24.8 Å². The van der Waals surface area contributed by atoms with E-state index in [1.807, 2.05) is 19.2 Å². The van der Waals surface area contributed by atoms with Gasteiger partial charge in [-0.05, 0) is 56.4 Å². The Morgan fingerprint density at radius 3 is 2.84 bits per heavy atom. The molecule has 9 heteroatoms. The summed E-state index contributed by atoms with van der Waals surface area (Å²) in [5.74, 6) is 0.672. The van der Waals surface area contributed by atoms with Crippen LogP contribution in [0.5, 0.6) is 6.01 Å². The van der Waals surface area contributed by atoms with Gasteiger partial charge in [-0.1, -0.05) is 42.4 Å². The van der Waals surface area contributed by atoms with Crippen molar-refractivity contribution in [2.24, 2.45) is 0 Å². The smallest absolute Gasteiger partial charge is 0.318 e. The predicted molar refractivity (Wildman–Crippen MR) is 153 cm³/mol. The largest absolute Gasteiger partial charge is 0.462 e. The number of hydrogen-bond acceptors (Lipinski definition) is 7. The Balaban J connectivity index is 1.43. The van der Waals surface area contributed by atoms with Gasteiger partial charge in [-0.25, -0.2) is 0 Å². The molecule has 2 aliphatic rings. The molecule has 2 aliphatic heterocycles. The van der Waals surface area contributed by atoms with E-state index >= 15 is 0 Å². The molecule has 38 heavy (non-hydrogen) atoms. The molecule has 0 bridgehead atoms. The van der Waals surface area contributed by atoms with Crippen molar-refractivity contribution in [1.82, 2.24) is 20.2 Å². The SMILES string of the molecule is C=CC(=O)NCCN(C)c1nc(OC[C@@H]2CCCN2C)nc2c1CCN(c1cccc3cccc(Cl)c13)C2. The summed E-state index contributed by atoms with van der Waals surface area (Å²) in [5, 5.41) is 5.78. The van der Waals surface area contributed by atoms with E-state index < -0.39 is 0 Å². The monoisotopic (exact) mass is 534 g/mol. The number of hydrogen-bond donors (Lipinski definition) is 1. The molecule has 1 atom stereocenters. The van der Waals surface area contributed by atoms with Crippen LogP contribution < -0.4 is 19.9 Å². The van der Waals surface area contributed by atoms with E-state index in [2.05, 4.69) is 57.9 Å². The summed E-state index contributed by atoms with van der Waals surface area (Å²) in [6.07, 6.45) is 4.38. The number of likely N-dealkylation sites (N-methyl/N-ethyl adjacent to an activating group) is 2. The normalized spacial score (nSPS) is 17.3. The number of ether oxygens (including phenoxy) is 1. The van der Waals surface area contributed by atoms with Crippen LogP contribution in [0.1, 0.15) is 24.1 Å². The Labute approximate surface area is 229 Å². The van der Waals surface area contributed by atoms with Crippen LogP contribution >= 0.6 is 11.6 Å². The quantitative estimate of drug-likeness (QED) is 0.415. The van der Waals surface area contributed by atoms with Gasteiger partial charge in [-0.3, -0.25) is 4.79 Å². The van der Waals surface area contributed by atoms with Gasteiger partial charge in [0, 0.05) is 49.4 Å². The Morgan fingerprint density at radius 2 is 2.08 bits per heavy atom. The third-order valence-electron chi connectivity index (χ3n) is 7.57. The molecule has 0 spiro atoms. The molecular weight excluding hydrogens is 500 g/mol. The van der Waals surface area contributed by atoms with Crippen LogP contribution in [0.2, 0.25) is 5.02 Å². The third kappa shape index (κ3) is 5.56. The summed E-state index contributed by atoms with van der Waals surface area (Å²) < 4.78 is 6.19. The van der Waals surface area contributed by atoms with E-state index in [0.29, 0.717) is 38.3 Å². The van der Waals surface area contributed by atoms with Crippen LogP contribution in [0.25, 0.3) is 10.8 Å². The van der Waals surface area contributed by atoms with Gasteiger partial charge in [0.05, 0.1) is 17.3 Å². The minimum absolute atomic E-state index is 0.183. The van der Waals surface area contributed by atoms with Crippen molar-refractivity contribution in [3.8, 4) is 6.01 Å². The van der Waals surface area contributed by atoms with Gasteiger partial charge in [0.2, 0.25) is 5.91 Å². The number of halogens is 1. The van der Waals surface area contributed by atoms with Crippen molar-refractivity contribution in [3.05, 3.63) is 65.3 Å². The number of nitrogens with zero attached hydrogens (tertiary/aromatic N) is 5. The topological polar surface area (TPSA) is 73.8 Å². The van der Waals surface area contributed by atoms with Crippen LogP contribution in [-0.2, 0) is 17.8 Å². The van der Waals surface area contributed by atoms with Crippen molar-refractivity contribution >= 4 is 39.8 Å². The minimum atomic E-state index is -0.183. The average Bonchev–Trinajstić information content (AvgIpc) is 3.35. The lowest BCUT2D eigenvalue weighted by atomic mass is 10.0. The number of benzene rings is 2. The second-order valence-corrected chi connectivity index (χ2v) is 10.5. The summed E-state index contributed by atoms with van der Waals surface area (Å²) >= 11 is 6.65.